The molecule has 0 atom stereocenters. The summed E-state index contributed by atoms with van der Waals surface area (Å²) in [6, 6.07) is 53.3. The van der Waals surface area contributed by atoms with Gasteiger partial charge < -0.3 is 0 Å². The van der Waals surface area contributed by atoms with Gasteiger partial charge in [-0.3, -0.25) is 22.5 Å². The number of rotatable bonds is 3. The summed E-state index contributed by atoms with van der Waals surface area (Å²) in [7, 11) is 0. The normalized spacial score (nSPS) is 12.3. The van der Waals surface area contributed by atoms with Crippen molar-refractivity contribution in [3.05, 3.63) is 158 Å². The predicted octanol–water partition coefficient (Wildman–Crippen LogP) is 9.67. The Labute approximate surface area is 289 Å². The molecule has 0 unspecified atom stereocenters. The molecule has 0 aliphatic heterocycles. The largest absolute Gasteiger partial charge is 0.294 e. The lowest BCUT2D eigenvalue weighted by molar-refractivity contribution is 1.07. The predicted molar refractivity (Wildman–Crippen MR) is 205 cm³/mol. The van der Waals surface area contributed by atoms with Crippen molar-refractivity contribution in [2.45, 2.75) is 0 Å². The van der Waals surface area contributed by atoms with Gasteiger partial charge in [-0.25, -0.2) is 15.0 Å². The standard InChI is InChI=1S/C43H26N8/c1-4-14-33-29(11-1)30-22-20-27(25-39(30)49(33)41-19-9-10-24-44-41)48-40-26-28(21-23-38(40)51-35-16-6-3-13-32(35)46-43(48)51)47-36-17-7-8-18-37(36)50-34-15-5-2-12-31(34)45-42(47)50/h1-26H. The van der Waals surface area contributed by atoms with Crippen LogP contribution in [0.15, 0.2) is 158 Å². The number of aromatic nitrogens is 8. The van der Waals surface area contributed by atoms with Crippen molar-refractivity contribution in [1.82, 2.24) is 37.5 Å². The molecule has 6 heterocycles. The number of benzene rings is 6. The molecule has 0 bridgehead atoms. The maximum absolute atomic E-state index is 5.24. The molecule has 0 N–H and O–H groups in total. The van der Waals surface area contributed by atoms with Crippen molar-refractivity contribution in [2.24, 2.45) is 0 Å². The van der Waals surface area contributed by atoms with Crippen LogP contribution in [0.1, 0.15) is 0 Å². The summed E-state index contributed by atoms with van der Waals surface area (Å²) >= 11 is 0. The van der Waals surface area contributed by atoms with Crippen LogP contribution in [0, 0.1) is 0 Å². The van der Waals surface area contributed by atoms with E-state index in [-0.39, 0.29) is 0 Å². The quantitative estimate of drug-likeness (QED) is 0.191. The van der Waals surface area contributed by atoms with Crippen LogP contribution in [0.2, 0.25) is 0 Å². The summed E-state index contributed by atoms with van der Waals surface area (Å²) in [4.78, 5) is 15.2. The zero-order chi connectivity index (χ0) is 33.2. The lowest BCUT2D eigenvalue weighted by Crippen LogP contribution is -2.00. The molecule has 0 aliphatic rings. The average molecular weight is 655 g/mol. The number of fused-ring (bicyclic) bond motifs is 13. The van der Waals surface area contributed by atoms with Crippen molar-refractivity contribution < 1.29 is 0 Å². The molecule has 8 nitrogen and oxygen atoms in total. The summed E-state index contributed by atoms with van der Waals surface area (Å²) in [5.74, 6) is 2.62. The summed E-state index contributed by atoms with van der Waals surface area (Å²) < 4.78 is 11.4. The molecule has 6 aromatic heterocycles. The number of para-hydroxylation sites is 7. The van der Waals surface area contributed by atoms with E-state index in [0.717, 1.165) is 83.9 Å². The van der Waals surface area contributed by atoms with E-state index in [1.165, 1.54) is 10.8 Å². The number of pyridine rings is 1. The number of imidazole rings is 4. The highest BCUT2D eigenvalue weighted by Crippen LogP contribution is 2.37. The van der Waals surface area contributed by atoms with Crippen LogP contribution in [0.4, 0.5) is 0 Å². The molecule has 0 saturated carbocycles. The van der Waals surface area contributed by atoms with E-state index in [0.29, 0.717) is 0 Å². The Bertz CT molecular complexity index is 3370. The van der Waals surface area contributed by atoms with E-state index in [1.54, 1.807) is 0 Å². The third-order valence-corrected chi connectivity index (χ3v) is 10.3. The Hall–Kier alpha value is -7.19. The Kier molecular flexibility index (Phi) is 5.09. The second-order valence-electron chi connectivity index (χ2n) is 13.0. The fraction of sp³-hybridized carbons (Fsp3) is 0. The van der Waals surface area contributed by atoms with E-state index in [2.05, 4.69) is 150 Å². The minimum atomic E-state index is 0.859. The van der Waals surface area contributed by atoms with Crippen molar-refractivity contribution in [1.29, 1.82) is 0 Å². The molecule has 6 aromatic carbocycles. The first-order valence-corrected chi connectivity index (χ1v) is 17.1. The SMILES string of the molecule is c1ccc(-n2c3ccccc3c3ccc(-n4c5cc(-n6c7ccccc7n7c8ccccc8nc67)ccc5n5c6ccccc6nc45)cc32)nc1. The molecule has 12 rings (SSSR count). The van der Waals surface area contributed by atoms with Crippen molar-refractivity contribution in [2.75, 3.05) is 0 Å². The molecule has 8 heteroatoms. The first kappa shape index (κ1) is 26.7. The van der Waals surface area contributed by atoms with Gasteiger partial charge in [0.15, 0.2) is 0 Å². The molecule has 51 heavy (non-hydrogen) atoms. The monoisotopic (exact) mass is 654 g/mol. The minimum absolute atomic E-state index is 0.859. The van der Waals surface area contributed by atoms with Gasteiger partial charge in [0.2, 0.25) is 11.6 Å². The molecule has 12 aromatic rings. The molecule has 0 amide bonds. The van der Waals surface area contributed by atoms with Gasteiger partial charge >= 0.3 is 0 Å². The van der Waals surface area contributed by atoms with Gasteiger partial charge in [0.1, 0.15) is 5.82 Å². The average Bonchev–Trinajstić information content (AvgIpc) is 3.97. The smallest absolute Gasteiger partial charge is 0.220 e. The molecule has 0 fully saturated rings. The van der Waals surface area contributed by atoms with E-state index in [1.807, 2.05) is 30.5 Å². The zero-order valence-electron chi connectivity index (χ0n) is 27.1. The lowest BCUT2D eigenvalue weighted by Gasteiger charge is -2.10. The van der Waals surface area contributed by atoms with Crippen LogP contribution < -0.4 is 0 Å². The maximum Gasteiger partial charge on any atom is 0.220 e. The van der Waals surface area contributed by atoms with E-state index < -0.39 is 0 Å². The summed E-state index contributed by atoms with van der Waals surface area (Å²) in [5, 5.41) is 2.37. The Morgan fingerprint density at radius 2 is 0.882 bits per heavy atom. The second-order valence-corrected chi connectivity index (χ2v) is 13.0. The van der Waals surface area contributed by atoms with Crippen molar-refractivity contribution in [3.63, 3.8) is 0 Å². The fourth-order valence-corrected chi connectivity index (χ4v) is 8.22. The van der Waals surface area contributed by atoms with Crippen molar-refractivity contribution >= 4 is 77.5 Å². The maximum atomic E-state index is 5.24. The van der Waals surface area contributed by atoms with Crippen molar-refractivity contribution in [3.8, 4) is 17.2 Å². The Morgan fingerprint density at radius 3 is 1.59 bits per heavy atom. The van der Waals surface area contributed by atoms with E-state index in [9.17, 15) is 0 Å². The van der Waals surface area contributed by atoms with Gasteiger partial charge in [0.25, 0.3) is 0 Å². The first-order chi connectivity index (χ1) is 25.3. The van der Waals surface area contributed by atoms with E-state index in [4.69, 9.17) is 15.0 Å². The fourth-order valence-electron chi connectivity index (χ4n) is 8.22. The third-order valence-electron chi connectivity index (χ3n) is 10.3. The summed E-state index contributed by atoms with van der Waals surface area (Å²) in [6.07, 6.45) is 1.85. The number of hydrogen-bond donors (Lipinski definition) is 0. The number of nitrogens with zero attached hydrogens (tertiary/aromatic N) is 8. The summed E-state index contributed by atoms with van der Waals surface area (Å²) in [5.41, 5.74) is 12.7. The zero-order valence-corrected chi connectivity index (χ0v) is 27.1. The molecule has 0 saturated heterocycles. The highest BCUT2D eigenvalue weighted by Gasteiger charge is 2.22. The highest BCUT2D eigenvalue weighted by molar-refractivity contribution is 6.10. The number of hydrogen-bond acceptors (Lipinski definition) is 3. The van der Waals surface area contributed by atoms with Crippen LogP contribution in [-0.2, 0) is 0 Å². The van der Waals surface area contributed by atoms with Crippen LogP contribution >= 0.6 is 0 Å². The second kappa shape index (κ2) is 9.71. The van der Waals surface area contributed by atoms with Gasteiger partial charge in [-0.15, -0.1) is 0 Å². The Morgan fingerprint density at radius 1 is 0.353 bits per heavy atom. The van der Waals surface area contributed by atoms with Gasteiger partial charge in [0, 0.05) is 17.0 Å². The van der Waals surface area contributed by atoms with Gasteiger partial charge in [-0.2, -0.15) is 0 Å². The molecule has 238 valence electrons. The van der Waals surface area contributed by atoms with E-state index >= 15 is 0 Å². The van der Waals surface area contributed by atoms with Crippen LogP contribution in [0.5, 0.6) is 0 Å². The molecule has 0 radical (unpaired) electrons. The topological polar surface area (TPSA) is 62.3 Å². The minimum Gasteiger partial charge on any atom is -0.294 e. The van der Waals surface area contributed by atoms with Crippen LogP contribution in [0.3, 0.4) is 0 Å². The molecule has 0 spiro atoms. The Balaban J connectivity index is 1.20. The van der Waals surface area contributed by atoms with Crippen LogP contribution in [0.25, 0.3) is 94.7 Å². The molecular formula is C43H26N8. The lowest BCUT2D eigenvalue weighted by atomic mass is 10.1. The highest BCUT2D eigenvalue weighted by atomic mass is 15.2. The van der Waals surface area contributed by atoms with Gasteiger partial charge in [-0.1, -0.05) is 66.7 Å². The molecular weight excluding hydrogens is 629 g/mol. The van der Waals surface area contributed by atoms with Gasteiger partial charge in [0.05, 0.1) is 66.5 Å². The summed E-state index contributed by atoms with van der Waals surface area (Å²) in [6.45, 7) is 0. The van der Waals surface area contributed by atoms with Crippen LogP contribution in [-0.4, -0.2) is 37.5 Å². The third kappa shape index (κ3) is 3.50. The van der Waals surface area contributed by atoms with Gasteiger partial charge in [-0.05, 0) is 84.9 Å². The molecule has 0 aliphatic carbocycles. The first-order valence-electron chi connectivity index (χ1n) is 17.1.